The predicted molar refractivity (Wildman–Crippen MR) is 80.4 cm³/mol. The second-order valence-electron chi connectivity index (χ2n) is 5.72. The van der Waals surface area contributed by atoms with E-state index >= 15 is 0 Å². The number of benzene rings is 1. The van der Waals surface area contributed by atoms with Gasteiger partial charge in [-0.25, -0.2) is 0 Å². The molecule has 1 aliphatic rings. The molecule has 3 nitrogen and oxygen atoms in total. The number of carbonyl (C=O) groups is 1. The number of esters is 1. The summed E-state index contributed by atoms with van der Waals surface area (Å²) in [6.45, 7) is 3.53. The summed E-state index contributed by atoms with van der Waals surface area (Å²) in [6.07, 6.45) is 5.11. The van der Waals surface area contributed by atoms with Crippen LogP contribution in [-0.2, 0) is 16.1 Å². The lowest BCUT2D eigenvalue weighted by Crippen LogP contribution is -2.49. The molecule has 0 bridgehead atoms. The third kappa shape index (κ3) is 3.21. The number of ether oxygens (including phenoxy) is 1. The van der Waals surface area contributed by atoms with Crippen molar-refractivity contribution in [2.75, 3.05) is 13.6 Å². The molecule has 0 spiro atoms. The van der Waals surface area contributed by atoms with Crippen LogP contribution in [0.2, 0.25) is 0 Å². The summed E-state index contributed by atoms with van der Waals surface area (Å²) in [5.74, 6) is -0.0465. The average molecular weight is 275 g/mol. The quantitative estimate of drug-likeness (QED) is 0.745. The number of hydrogen-bond acceptors (Lipinski definition) is 3. The molecule has 0 N–H and O–H groups in total. The van der Waals surface area contributed by atoms with Crippen LogP contribution >= 0.6 is 0 Å². The van der Waals surface area contributed by atoms with Gasteiger partial charge in [0.15, 0.2) is 0 Å². The monoisotopic (exact) mass is 275 g/mol. The van der Waals surface area contributed by atoms with Gasteiger partial charge in [0.2, 0.25) is 0 Å². The molecule has 0 aromatic heterocycles. The Kier molecular flexibility index (Phi) is 5.18. The van der Waals surface area contributed by atoms with E-state index in [0.29, 0.717) is 6.61 Å². The summed E-state index contributed by atoms with van der Waals surface area (Å²) in [5.41, 5.74) is 0.664. The minimum absolute atomic E-state index is 0.0465. The first-order valence-corrected chi connectivity index (χ1v) is 7.61. The summed E-state index contributed by atoms with van der Waals surface area (Å²) < 4.78 is 5.60. The third-order valence-corrected chi connectivity index (χ3v) is 4.35. The zero-order valence-corrected chi connectivity index (χ0v) is 12.6. The fourth-order valence-corrected chi connectivity index (χ4v) is 3.02. The van der Waals surface area contributed by atoms with Crippen molar-refractivity contribution in [3.8, 4) is 0 Å². The molecule has 0 amide bonds. The molecule has 1 fully saturated rings. The van der Waals surface area contributed by atoms with Crippen LogP contribution in [0.1, 0.15) is 44.6 Å². The summed E-state index contributed by atoms with van der Waals surface area (Å²) in [6, 6.07) is 9.89. The number of likely N-dealkylation sites (tertiary alicyclic amines) is 1. The molecular formula is C17H25NO2. The molecule has 110 valence electrons. The molecule has 3 heteroatoms. The van der Waals surface area contributed by atoms with E-state index in [-0.39, 0.29) is 11.5 Å². The van der Waals surface area contributed by atoms with E-state index in [1.165, 1.54) is 0 Å². The van der Waals surface area contributed by atoms with Crippen molar-refractivity contribution >= 4 is 5.97 Å². The number of unbranched alkanes of at least 4 members (excludes halogenated alkanes) is 1. The number of nitrogens with zero attached hydrogens (tertiary/aromatic N) is 1. The number of hydrogen-bond donors (Lipinski definition) is 0. The van der Waals surface area contributed by atoms with Crippen LogP contribution in [0, 0.1) is 0 Å². The van der Waals surface area contributed by atoms with E-state index < -0.39 is 0 Å². The molecule has 0 radical (unpaired) electrons. The number of likely N-dealkylation sites (N-methyl/N-ethyl adjacent to an activating group) is 1. The Morgan fingerprint density at radius 2 is 2.10 bits per heavy atom. The van der Waals surface area contributed by atoms with Crippen molar-refractivity contribution in [2.45, 2.75) is 51.2 Å². The lowest BCUT2D eigenvalue weighted by Gasteiger charge is -2.33. The topological polar surface area (TPSA) is 29.5 Å². The first kappa shape index (κ1) is 15.0. The second kappa shape index (κ2) is 6.89. The summed E-state index contributed by atoms with van der Waals surface area (Å²) in [5, 5.41) is 0. The molecule has 1 aromatic carbocycles. The molecule has 1 saturated heterocycles. The Morgan fingerprint density at radius 1 is 1.35 bits per heavy atom. The highest BCUT2D eigenvalue weighted by Gasteiger charge is 2.46. The largest absolute Gasteiger partial charge is 0.459 e. The van der Waals surface area contributed by atoms with E-state index in [0.717, 1.165) is 44.2 Å². The van der Waals surface area contributed by atoms with Crippen molar-refractivity contribution in [2.24, 2.45) is 0 Å². The van der Waals surface area contributed by atoms with Gasteiger partial charge in [-0.15, -0.1) is 0 Å². The minimum atomic E-state index is -0.384. The van der Waals surface area contributed by atoms with Gasteiger partial charge in [0.25, 0.3) is 0 Å². The Labute approximate surface area is 121 Å². The van der Waals surface area contributed by atoms with Gasteiger partial charge in [0.1, 0.15) is 12.1 Å². The van der Waals surface area contributed by atoms with E-state index in [9.17, 15) is 4.79 Å². The third-order valence-electron chi connectivity index (χ3n) is 4.35. The van der Waals surface area contributed by atoms with Crippen molar-refractivity contribution in [1.29, 1.82) is 0 Å². The van der Waals surface area contributed by atoms with Gasteiger partial charge in [0, 0.05) is 0 Å². The van der Waals surface area contributed by atoms with Crippen molar-refractivity contribution < 1.29 is 9.53 Å². The molecule has 0 aliphatic carbocycles. The van der Waals surface area contributed by atoms with Crippen molar-refractivity contribution in [1.82, 2.24) is 4.90 Å². The van der Waals surface area contributed by atoms with E-state index in [1.54, 1.807) is 0 Å². The Hall–Kier alpha value is -1.35. The lowest BCUT2D eigenvalue weighted by atomic mass is 9.90. The van der Waals surface area contributed by atoms with Crippen molar-refractivity contribution in [3.63, 3.8) is 0 Å². The average Bonchev–Trinajstić information content (AvgIpc) is 2.86. The van der Waals surface area contributed by atoms with E-state index in [4.69, 9.17) is 4.74 Å². The Bertz CT molecular complexity index is 432. The number of rotatable bonds is 6. The maximum absolute atomic E-state index is 12.6. The van der Waals surface area contributed by atoms with Gasteiger partial charge in [-0.3, -0.25) is 9.69 Å². The summed E-state index contributed by atoms with van der Waals surface area (Å²) in [4.78, 5) is 14.8. The van der Waals surface area contributed by atoms with Gasteiger partial charge >= 0.3 is 5.97 Å². The summed E-state index contributed by atoms with van der Waals surface area (Å²) >= 11 is 0. The minimum Gasteiger partial charge on any atom is -0.459 e. The molecule has 1 heterocycles. The fraction of sp³-hybridized carbons (Fsp3) is 0.588. The van der Waals surface area contributed by atoms with Crippen LogP contribution in [0.5, 0.6) is 0 Å². The number of carbonyl (C=O) groups excluding carboxylic acids is 1. The van der Waals surface area contributed by atoms with Gasteiger partial charge in [-0.1, -0.05) is 50.1 Å². The molecular weight excluding hydrogens is 250 g/mol. The highest BCUT2D eigenvalue weighted by atomic mass is 16.5. The maximum atomic E-state index is 12.6. The Morgan fingerprint density at radius 3 is 2.70 bits per heavy atom. The molecule has 1 atom stereocenters. The van der Waals surface area contributed by atoms with E-state index in [1.807, 2.05) is 37.4 Å². The standard InChI is InChI=1S/C17H25NO2/c1-3-4-11-17(12-8-13-18(17)2)16(19)20-14-15-9-6-5-7-10-15/h5-7,9-10H,3-4,8,11-14H2,1-2H3. The van der Waals surface area contributed by atoms with Gasteiger partial charge < -0.3 is 4.74 Å². The van der Waals surface area contributed by atoms with Crippen LogP contribution in [0.15, 0.2) is 30.3 Å². The fourth-order valence-electron chi connectivity index (χ4n) is 3.02. The second-order valence-corrected chi connectivity index (χ2v) is 5.72. The smallest absolute Gasteiger partial charge is 0.326 e. The maximum Gasteiger partial charge on any atom is 0.326 e. The molecule has 1 unspecified atom stereocenters. The van der Waals surface area contributed by atoms with Gasteiger partial charge in [-0.05, 0) is 38.4 Å². The molecule has 20 heavy (non-hydrogen) atoms. The SMILES string of the molecule is CCCCC1(C(=O)OCc2ccccc2)CCCN1C. The van der Waals surface area contributed by atoms with Crippen LogP contribution in [0.3, 0.4) is 0 Å². The van der Waals surface area contributed by atoms with Crippen LogP contribution in [0.4, 0.5) is 0 Å². The van der Waals surface area contributed by atoms with Gasteiger partial charge in [0.05, 0.1) is 0 Å². The highest BCUT2D eigenvalue weighted by molar-refractivity contribution is 5.81. The Balaban J connectivity index is 2.00. The molecule has 0 saturated carbocycles. The molecule has 1 aliphatic heterocycles. The van der Waals surface area contributed by atoms with Crippen molar-refractivity contribution in [3.05, 3.63) is 35.9 Å². The molecule has 1 aromatic rings. The highest BCUT2D eigenvalue weighted by Crippen LogP contribution is 2.34. The first-order valence-electron chi connectivity index (χ1n) is 7.61. The zero-order chi connectivity index (χ0) is 14.4. The predicted octanol–water partition coefficient (Wildman–Crippen LogP) is 3.38. The normalized spacial score (nSPS) is 22.9. The molecule has 2 rings (SSSR count). The van der Waals surface area contributed by atoms with Crippen LogP contribution < -0.4 is 0 Å². The zero-order valence-electron chi connectivity index (χ0n) is 12.6. The van der Waals surface area contributed by atoms with Crippen LogP contribution in [0.25, 0.3) is 0 Å². The first-order chi connectivity index (χ1) is 9.69. The van der Waals surface area contributed by atoms with Gasteiger partial charge in [-0.2, -0.15) is 0 Å². The lowest BCUT2D eigenvalue weighted by molar-refractivity contribution is -0.158. The summed E-state index contributed by atoms with van der Waals surface area (Å²) in [7, 11) is 2.05. The van der Waals surface area contributed by atoms with E-state index in [2.05, 4.69) is 11.8 Å². The van der Waals surface area contributed by atoms with Crippen LogP contribution in [-0.4, -0.2) is 30.0 Å².